The van der Waals surface area contributed by atoms with E-state index in [-0.39, 0.29) is 17.6 Å². The van der Waals surface area contributed by atoms with Gasteiger partial charge in [0.15, 0.2) is 0 Å². The molecule has 0 atom stereocenters. The van der Waals surface area contributed by atoms with E-state index in [1.165, 1.54) is 18.2 Å². The highest BCUT2D eigenvalue weighted by Crippen LogP contribution is 2.19. The van der Waals surface area contributed by atoms with Crippen LogP contribution in [-0.2, 0) is 14.8 Å². The van der Waals surface area contributed by atoms with Crippen LogP contribution in [0.1, 0.15) is 18.4 Å². The van der Waals surface area contributed by atoms with Gasteiger partial charge >= 0.3 is 0 Å². The zero-order chi connectivity index (χ0) is 17.7. The van der Waals surface area contributed by atoms with Gasteiger partial charge in [0.2, 0.25) is 15.9 Å². The minimum absolute atomic E-state index is 0.0578. The Morgan fingerprint density at radius 2 is 1.96 bits per heavy atom. The van der Waals surface area contributed by atoms with Gasteiger partial charge in [-0.1, -0.05) is 12.1 Å². The van der Waals surface area contributed by atoms with Gasteiger partial charge in [0.1, 0.15) is 0 Å². The van der Waals surface area contributed by atoms with Gasteiger partial charge in [-0.05, 0) is 25.0 Å². The molecule has 1 N–H and O–H groups in total. The standard InChI is InChI=1S/C15H19N3O5S/c1-24(22,23)16-13-8-10-17(11-9-13)15(19)7-6-12-4-2-3-5-14(12)18(20)21/h2-7,13,16H,8-11H2,1H3. The number of nitro benzene ring substituents is 1. The maximum atomic E-state index is 12.2. The molecule has 2 rings (SSSR count). The smallest absolute Gasteiger partial charge is 0.276 e. The fraction of sp³-hybridized carbons (Fsp3) is 0.400. The highest BCUT2D eigenvalue weighted by atomic mass is 32.2. The van der Waals surface area contributed by atoms with Crippen LogP contribution in [0.3, 0.4) is 0 Å². The van der Waals surface area contributed by atoms with Gasteiger partial charge in [0, 0.05) is 31.3 Å². The van der Waals surface area contributed by atoms with Gasteiger partial charge in [0.25, 0.3) is 5.69 Å². The number of benzene rings is 1. The molecule has 0 bridgehead atoms. The van der Waals surface area contributed by atoms with Gasteiger partial charge in [-0.25, -0.2) is 13.1 Å². The van der Waals surface area contributed by atoms with Crippen molar-refractivity contribution in [1.82, 2.24) is 9.62 Å². The number of para-hydroxylation sites is 1. The zero-order valence-electron chi connectivity index (χ0n) is 13.2. The molecule has 8 nitrogen and oxygen atoms in total. The molecule has 0 saturated carbocycles. The molecular formula is C15H19N3O5S. The summed E-state index contributed by atoms with van der Waals surface area (Å²) in [5.74, 6) is -0.244. The van der Waals surface area contributed by atoms with E-state index in [1.807, 2.05) is 0 Å². The Kier molecular flexibility index (Phi) is 5.68. The molecule has 0 spiro atoms. The summed E-state index contributed by atoms with van der Waals surface area (Å²) in [5.41, 5.74) is 0.307. The number of likely N-dealkylation sites (tertiary alicyclic amines) is 1. The van der Waals surface area contributed by atoms with Crippen molar-refractivity contribution in [2.75, 3.05) is 19.3 Å². The fourth-order valence-electron chi connectivity index (χ4n) is 2.58. The van der Waals surface area contributed by atoms with Crippen LogP contribution >= 0.6 is 0 Å². The van der Waals surface area contributed by atoms with E-state index in [0.29, 0.717) is 31.5 Å². The third kappa shape index (κ3) is 5.14. The van der Waals surface area contributed by atoms with Gasteiger partial charge in [-0.3, -0.25) is 14.9 Å². The number of nitrogens with zero attached hydrogens (tertiary/aromatic N) is 2. The van der Waals surface area contributed by atoms with E-state index in [2.05, 4.69) is 4.72 Å². The minimum atomic E-state index is -3.25. The van der Waals surface area contributed by atoms with Crippen LogP contribution in [0, 0.1) is 10.1 Å². The van der Waals surface area contributed by atoms with Crippen molar-refractivity contribution in [3.05, 3.63) is 46.0 Å². The minimum Gasteiger partial charge on any atom is -0.339 e. The first-order chi connectivity index (χ1) is 11.3. The van der Waals surface area contributed by atoms with Crippen molar-refractivity contribution in [1.29, 1.82) is 0 Å². The number of amides is 1. The summed E-state index contributed by atoms with van der Waals surface area (Å²) in [6.07, 6.45) is 4.93. The van der Waals surface area contributed by atoms with E-state index >= 15 is 0 Å². The van der Waals surface area contributed by atoms with E-state index in [1.54, 1.807) is 23.1 Å². The number of rotatable bonds is 5. The van der Waals surface area contributed by atoms with Gasteiger partial charge in [-0.15, -0.1) is 0 Å². The Morgan fingerprint density at radius 1 is 1.33 bits per heavy atom. The Balaban J connectivity index is 1.96. The normalized spacial score (nSPS) is 16.5. The van der Waals surface area contributed by atoms with Crippen LogP contribution < -0.4 is 4.72 Å². The zero-order valence-corrected chi connectivity index (χ0v) is 14.0. The number of hydrogen-bond acceptors (Lipinski definition) is 5. The molecule has 1 amide bonds. The van der Waals surface area contributed by atoms with Crippen molar-refractivity contribution in [3.8, 4) is 0 Å². The number of carbonyl (C=O) groups excluding carboxylic acids is 1. The third-order valence-corrected chi connectivity index (χ3v) is 4.49. The van der Waals surface area contributed by atoms with E-state index in [0.717, 1.165) is 6.26 Å². The molecular weight excluding hydrogens is 334 g/mol. The predicted molar refractivity (Wildman–Crippen MR) is 89.7 cm³/mol. The van der Waals surface area contributed by atoms with Crippen molar-refractivity contribution in [2.45, 2.75) is 18.9 Å². The third-order valence-electron chi connectivity index (χ3n) is 3.73. The average Bonchev–Trinajstić information content (AvgIpc) is 2.52. The first-order valence-electron chi connectivity index (χ1n) is 7.44. The number of sulfonamides is 1. The molecule has 1 aromatic carbocycles. The summed E-state index contributed by atoms with van der Waals surface area (Å²) in [6.45, 7) is 0.875. The number of carbonyl (C=O) groups is 1. The summed E-state index contributed by atoms with van der Waals surface area (Å²) in [6, 6.07) is 6.02. The topological polar surface area (TPSA) is 110 Å². The largest absolute Gasteiger partial charge is 0.339 e. The van der Waals surface area contributed by atoms with Crippen molar-refractivity contribution < 1.29 is 18.1 Å². The monoisotopic (exact) mass is 353 g/mol. The van der Waals surface area contributed by atoms with Crippen molar-refractivity contribution in [2.24, 2.45) is 0 Å². The van der Waals surface area contributed by atoms with Crippen LogP contribution in [0.2, 0.25) is 0 Å². The summed E-state index contributed by atoms with van der Waals surface area (Å²) in [7, 11) is -3.25. The first kappa shape index (κ1) is 18.1. The Hall–Kier alpha value is -2.26. The summed E-state index contributed by atoms with van der Waals surface area (Å²) < 4.78 is 24.9. The SMILES string of the molecule is CS(=O)(=O)NC1CCN(C(=O)C=Cc2ccccc2[N+](=O)[O-])CC1. The molecule has 1 saturated heterocycles. The molecule has 1 heterocycles. The van der Waals surface area contributed by atoms with Gasteiger partial charge < -0.3 is 4.90 Å². The molecule has 1 aliphatic heterocycles. The number of piperidine rings is 1. The van der Waals surface area contributed by atoms with Gasteiger partial charge in [0.05, 0.1) is 16.7 Å². The molecule has 0 aliphatic carbocycles. The molecule has 130 valence electrons. The molecule has 0 radical (unpaired) electrons. The summed E-state index contributed by atoms with van der Waals surface area (Å²) in [4.78, 5) is 24.2. The van der Waals surface area contributed by atoms with Gasteiger partial charge in [-0.2, -0.15) is 0 Å². The lowest BCUT2D eigenvalue weighted by atomic mass is 10.1. The second kappa shape index (κ2) is 7.54. The second-order valence-electron chi connectivity index (χ2n) is 5.64. The molecule has 0 aromatic heterocycles. The fourth-order valence-corrected chi connectivity index (χ4v) is 3.42. The lowest BCUT2D eigenvalue weighted by Gasteiger charge is -2.31. The Bertz CT molecular complexity index is 752. The van der Waals surface area contributed by atoms with Crippen molar-refractivity contribution in [3.63, 3.8) is 0 Å². The molecule has 1 aromatic rings. The predicted octanol–water partition coefficient (Wildman–Crippen LogP) is 1.15. The molecule has 24 heavy (non-hydrogen) atoms. The number of nitro groups is 1. The maximum absolute atomic E-state index is 12.2. The quantitative estimate of drug-likeness (QED) is 0.485. The summed E-state index contributed by atoms with van der Waals surface area (Å²) >= 11 is 0. The highest BCUT2D eigenvalue weighted by Gasteiger charge is 2.23. The maximum Gasteiger partial charge on any atom is 0.276 e. The molecule has 1 aliphatic rings. The molecule has 0 unspecified atom stereocenters. The van der Waals surface area contributed by atoms with E-state index < -0.39 is 14.9 Å². The molecule has 1 fully saturated rings. The van der Waals surface area contributed by atoms with E-state index in [9.17, 15) is 23.3 Å². The van der Waals surface area contributed by atoms with Crippen LogP contribution in [-0.4, -0.2) is 49.5 Å². The molecule has 9 heteroatoms. The van der Waals surface area contributed by atoms with Crippen LogP contribution in [0.25, 0.3) is 6.08 Å². The number of hydrogen-bond donors (Lipinski definition) is 1. The Morgan fingerprint density at radius 3 is 2.54 bits per heavy atom. The average molecular weight is 353 g/mol. The van der Waals surface area contributed by atoms with E-state index in [4.69, 9.17) is 0 Å². The van der Waals surface area contributed by atoms with Crippen LogP contribution in [0.15, 0.2) is 30.3 Å². The first-order valence-corrected chi connectivity index (χ1v) is 9.33. The lowest BCUT2D eigenvalue weighted by Crippen LogP contribution is -2.45. The second-order valence-corrected chi connectivity index (χ2v) is 7.42. The van der Waals surface area contributed by atoms with Crippen molar-refractivity contribution >= 4 is 27.7 Å². The van der Waals surface area contributed by atoms with Crippen LogP contribution in [0.5, 0.6) is 0 Å². The Labute approximate surface area is 140 Å². The summed E-state index contributed by atoms with van der Waals surface area (Å²) in [5, 5.41) is 10.9. The van der Waals surface area contributed by atoms with Crippen LogP contribution in [0.4, 0.5) is 5.69 Å². The lowest BCUT2D eigenvalue weighted by molar-refractivity contribution is -0.385. The number of nitrogens with one attached hydrogen (secondary N) is 1. The highest BCUT2D eigenvalue weighted by molar-refractivity contribution is 7.88.